The number of sulfonamides is 1. The molecule has 0 saturated carbocycles. The van der Waals surface area contributed by atoms with Gasteiger partial charge in [-0.15, -0.1) is 0 Å². The molecule has 8 nitrogen and oxygen atoms in total. The fraction of sp³-hybridized carbons (Fsp3) is 0.150. The summed E-state index contributed by atoms with van der Waals surface area (Å²) in [7, 11) is -3.79. The fourth-order valence-corrected chi connectivity index (χ4v) is 3.75. The third kappa shape index (κ3) is 4.29. The summed E-state index contributed by atoms with van der Waals surface area (Å²) in [6.07, 6.45) is 3.17. The summed E-state index contributed by atoms with van der Waals surface area (Å²) in [6, 6.07) is 11.0. The zero-order chi connectivity index (χ0) is 21.3. The third-order valence-corrected chi connectivity index (χ3v) is 5.63. The number of benzene rings is 2. The van der Waals surface area contributed by atoms with E-state index in [0.717, 1.165) is 24.6 Å². The lowest BCUT2D eigenvalue weighted by Gasteiger charge is -2.16. The molecule has 4 N–H and O–H groups in total. The summed E-state index contributed by atoms with van der Waals surface area (Å²) in [6.45, 7) is 0. The lowest BCUT2D eigenvalue weighted by molar-refractivity contribution is 0.0972. The molecule has 0 amide bonds. The van der Waals surface area contributed by atoms with E-state index in [2.05, 4.69) is 20.6 Å². The Labute approximate surface area is 172 Å². The molecule has 0 bridgehead atoms. The molecule has 0 saturated heterocycles. The van der Waals surface area contributed by atoms with Crippen LogP contribution in [-0.4, -0.2) is 24.2 Å². The maximum absolute atomic E-state index is 14.2. The number of fused-ring (bicyclic) bond motifs is 1. The van der Waals surface area contributed by atoms with Crippen molar-refractivity contribution in [2.24, 2.45) is 5.14 Å². The van der Waals surface area contributed by atoms with Crippen LogP contribution in [0.1, 0.15) is 28.8 Å². The zero-order valence-corrected chi connectivity index (χ0v) is 16.5. The van der Waals surface area contributed by atoms with Gasteiger partial charge in [0.15, 0.2) is 17.4 Å². The van der Waals surface area contributed by atoms with Crippen LogP contribution in [-0.2, 0) is 16.4 Å². The standard InChI is InChI=1S/C20H18FN5O3S/c21-17-11-23-20(25-13-4-7-15(8-5-13)30(22,28)29)26-19(17)24-14-6-9-16-12(10-14)2-1-3-18(16)27/h4-11H,1-3H2,(H2,22,28,29)(H2,23,24,25,26). The number of nitrogens with two attached hydrogens (primary N) is 1. The normalized spacial score (nSPS) is 13.6. The van der Waals surface area contributed by atoms with Gasteiger partial charge in [-0.1, -0.05) is 0 Å². The van der Waals surface area contributed by atoms with Crippen molar-refractivity contribution in [3.8, 4) is 0 Å². The quantitative estimate of drug-likeness (QED) is 0.570. The van der Waals surface area contributed by atoms with Gasteiger partial charge in [0, 0.05) is 23.4 Å². The summed E-state index contributed by atoms with van der Waals surface area (Å²) >= 11 is 0. The zero-order valence-electron chi connectivity index (χ0n) is 15.7. The molecule has 4 rings (SSSR count). The topological polar surface area (TPSA) is 127 Å². The first-order valence-corrected chi connectivity index (χ1v) is 10.7. The van der Waals surface area contributed by atoms with Crippen LogP contribution in [0.4, 0.5) is 27.5 Å². The predicted molar refractivity (Wildman–Crippen MR) is 110 cm³/mol. The molecule has 1 aliphatic rings. The number of carbonyl (C=O) groups excluding carboxylic acids is 1. The molecule has 1 heterocycles. The average Bonchev–Trinajstić information content (AvgIpc) is 2.70. The highest BCUT2D eigenvalue weighted by Crippen LogP contribution is 2.27. The molecule has 0 aliphatic heterocycles. The molecule has 154 valence electrons. The Morgan fingerprint density at radius 1 is 1.00 bits per heavy atom. The van der Waals surface area contributed by atoms with E-state index in [1.165, 1.54) is 24.3 Å². The minimum atomic E-state index is -3.79. The molecule has 1 aromatic heterocycles. The van der Waals surface area contributed by atoms with Crippen LogP contribution in [0, 0.1) is 5.82 Å². The van der Waals surface area contributed by atoms with Crippen LogP contribution >= 0.6 is 0 Å². The highest BCUT2D eigenvalue weighted by atomic mass is 32.2. The Kier molecular flexibility index (Phi) is 5.18. The summed E-state index contributed by atoms with van der Waals surface area (Å²) in [4.78, 5) is 20.0. The van der Waals surface area contributed by atoms with E-state index in [1.807, 2.05) is 6.07 Å². The molecular formula is C20H18FN5O3S. The van der Waals surface area contributed by atoms with Gasteiger partial charge < -0.3 is 10.6 Å². The summed E-state index contributed by atoms with van der Waals surface area (Å²) in [5.41, 5.74) is 2.76. The Hall–Kier alpha value is -3.37. The summed E-state index contributed by atoms with van der Waals surface area (Å²) < 4.78 is 36.9. The summed E-state index contributed by atoms with van der Waals surface area (Å²) in [5, 5.41) is 10.9. The number of ketones is 1. The fourth-order valence-electron chi connectivity index (χ4n) is 3.23. The molecule has 0 fully saturated rings. The number of rotatable bonds is 5. The molecule has 3 aromatic rings. The van der Waals surface area contributed by atoms with E-state index in [1.54, 1.807) is 12.1 Å². The Morgan fingerprint density at radius 3 is 2.47 bits per heavy atom. The van der Waals surface area contributed by atoms with Crippen molar-refractivity contribution in [3.05, 3.63) is 65.6 Å². The monoisotopic (exact) mass is 427 g/mol. The van der Waals surface area contributed by atoms with Crippen LogP contribution in [0.15, 0.2) is 53.6 Å². The molecule has 0 atom stereocenters. The van der Waals surface area contributed by atoms with Gasteiger partial charge in [0.05, 0.1) is 11.1 Å². The number of anilines is 4. The highest BCUT2D eigenvalue weighted by molar-refractivity contribution is 7.89. The first kappa shape index (κ1) is 19.9. The van der Waals surface area contributed by atoms with Gasteiger partial charge in [0.1, 0.15) is 0 Å². The first-order valence-electron chi connectivity index (χ1n) is 9.15. The third-order valence-electron chi connectivity index (χ3n) is 4.70. The number of halogens is 1. The lowest BCUT2D eigenvalue weighted by atomic mass is 9.90. The molecule has 2 aromatic carbocycles. The minimum Gasteiger partial charge on any atom is -0.338 e. The van der Waals surface area contributed by atoms with Gasteiger partial charge in [0.25, 0.3) is 0 Å². The second kappa shape index (κ2) is 7.81. The predicted octanol–water partition coefficient (Wildman–Crippen LogP) is 3.27. The molecule has 0 unspecified atom stereocenters. The van der Waals surface area contributed by atoms with Crippen LogP contribution < -0.4 is 15.8 Å². The van der Waals surface area contributed by atoms with E-state index in [4.69, 9.17) is 5.14 Å². The second-order valence-electron chi connectivity index (χ2n) is 6.86. The maximum atomic E-state index is 14.2. The van der Waals surface area contributed by atoms with Crippen molar-refractivity contribution in [1.29, 1.82) is 0 Å². The van der Waals surface area contributed by atoms with E-state index in [0.29, 0.717) is 23.4 Å². The Morgan fingerprint density at radius 2 is 1.73 bits per heavy atom. The number of hydrogen-bond donors (Lipinski definition) is 3. The molecule has 1 aliphatic carbocycles. The van der Waals surface area contributed by atoms with E-state index in [9.17, 15) is 17.6 Å². The number of nitrogens with zero attached hydrogens (tertiary/aromatic N) is 2. The van der Waals surface area contributed by atoms with Crippen molar-refractivity contribution in [2.45, 2.75) is 24.2 Å². The number of aryl methyl sites for hydroxylation is 1. The Bertz CT molecular complexity index is 1230. The number of primary sulfonamides is 1. The molecular weight excluding hydrogens is 409 g/mol. The minimum absolute atomic E-state index is 0.0266. The van der Waals surface area contributed by atoms with E-state index >= 15 is 0 Å². The van der Waals surface area contributed by atoms with Crippen LogP contribution in [0.5, 0.6) is 0 Å². The Balaban J connectivity index is 1.54. The van der Waals surface area contributed by atoms with Crippen LogP contribution in [0.3, 0.4) is 0 Å². The van der Waals surface area contributed by atoms with Gasteiger partial charge in [-0.3, -0.25) is 4.79 Å². The lowest BCUT2D eigenvalue weighted by Crippen LogP contribution is -2.12. The smallest absolute Gasteiger partial charge is 0.238 e. The number of aromatic nitrogens is 2. The molecule has 10 heteroatoms. The molecule has 0 radical (unpaired) electrons. The SMILES string of the molecule is NS(=O)(=O)c1ccc(Nc2ncc(F)c(Nc3ccc4c(c3)CCCC4=O)n2)cc1. The molecule has 0 spiro atoms. The van der Waals surface area contributed by atoms with Crippen molar-refractivity contribution < 1.29 is 17.6 Å². The van der Waals surface area contributed by atoms with Gasteiger partial charge >= 0.3 is 0 Å². The van der Waals surface area contributed by atoms with Gasteiger partial charge in [-0.25, -0.2) is 22.9 Å². The number of hydrogen-bond acceptors (Lipinski definition) is 7. The van der Waals surface area contributed by atoms with Crippen molar-refractivity contribution in [2.75, 3.05) is 10.6 Å². The number of nitrogens with one attached hydrogen (secondary N) is 2. The molecule has 30 heavy (non-hydrogen) atoms. The second-order valence-corrected chi connectivity index (χ2v) is 8.42. The van der Waals surface area contributed by atoms with Gasteiger partial charge in [0.2, 0.25) is 16.0 Å². The van der Waals surface area contributed by atoms with Gasteiger partial charge in [-0.05, 0) is 60.9 Å². The van der Waals surface area contributed by atoms with E-state index < -0.39 is 15.8 Å². The largest absolute Gasteiger partial charge is 0.338 e. The number of Topliss-reactive ketones (excluding diaryl/α,β-unsaturated/α-hetero) is 1. The van der Waals surface area contributed by atoms with Crippen molar-refractivity contribution in [3.63, 3.8) is 0 Å². The van der Waals surface area contributed by atoms with Crippen LogP contribution in [0.25, 0.3) is 0 Å². The highest BCUT2D eigenvalue weighted by Gasteiger charge is 2.17. The van der Waals surface area contributed by atoms with Gasteiger partial charge in [-0.2, -0.15) is 4.98 Å². The number of carbonyl (C=O) groups is 1. The van der Waals surface area contributed by atoms with Crippen molar-refractivity contribution >= 4 is 38.9 Å². The van der Waals surface area contributed by atoms with Crippen LogP contribution in [0.2, 0.25) is 0 Å². The first-order chi connectivity index (χ1) is 14.3. The summed E-state index contributed by atoms with van der Waals surface area (Å²) in [5.74, 6) is -0.430. The maximum Gasteiger partial charge on any atom is 0.238 e. The van der Waals surface area contributed by atoms with Crippen molar-refractivity contribution in [1.82, 2.24) is 9.97 Å². The van der Waals surface area contributed by atoms with E-state index in [-0.39, 0.29) is 22.4 Å². The average molecular weight is 427 g/mol.